The number of nitrogens with one attached hydrogen (secondary N) is 2. The summed E-state index contributed by atoms with van der Waals surface area (Å²) < 4.78 is 10.5. The van der Waals surface area contributed by atoms with E-state index in [1.165, 1.54) is 19.1 Å². The zero-order chi connectivity index (χ0) is 26.4. The number of ether oxygens (including phenoxy) is 2. The van der Waals surface area contributed by atoms with Crippen molar-refractivity contribution >= 4 is 40.7 Å². The molecule has 2 aromatic carbocycles. The molecule has 198 valence electrons. The van der Waals surface area contributed by atoms with Crippen LogP contribution in [0.15, 0.2) is 42.5 Å². The zero-order valence-corrected chi connectivity index (χ0v) is 21.8. The molecule has 0 aromatic heterocycles. The molecule has 37 heavy (non-hydrogen) atoms. The van der Waals surface area contributed by atoms with Crippen LogP contribution in [0, 0.1) is 0 Å². The van der Waals surface area contributed by atoms with E-state index >= 15 is 0 Å². The number of piperazine rings is 2. The van der Waals surface area contributed by atoms with Gasteiger partial charge in [0.2, 0.25) is 17.7 Å². The molecule has 0 aliphatic carbocycles. The van der Waals surface area contributed by atoms with Crippen LogP contribution in [-0.2, 0) is 14.4 Å². The van der Waals surface area contributed by atoms with Gasteiger partial charge in [-0.3, -0.25) is 19.3 Å². The highest BCUT2D eigenvalue weighted by Crippen LogP contribution is 2.29. The van der Waals surface area contributed by atoms with Crippen molar-refractivity contribution in [1.82, 2.24) is 15.1 Å². The van der Waals surface area contributed by atoms with E-state index in [-0.39, 0.29) is 24.8 Å². The molecule has 2 aliphatic heterocycles. The molecule has 2 aromatic rings. The van der Waals surface area contributed by atoms with Crippen LogP contribution in [0.5, 0.6) is 11.5 Å². The topological polar surface area (TPSA) is 103 Å². The molecule has 3 amide bonds. The van der Waals surface area contributed by atoms with Gasteiger partial charge in [0, 0.05) is 56.0 Å². The predicted octanol–water partition coefficient (Wildman–Crippen LogP) is 1.83. The smallest absolute Gasteiger partial charge is 0.243 e. The highest BCUT2D eigenvalue weighted by atomic mass is 35.5. The summed E-state index contributed by atoms with van der Waals surface area (Å²) in [6.07, 6.45) is -0.166. The monoisotopic (exact) mass is 529 g/mol. The van der Waals surface area contributed by atoms with E-state index in [1.54, 1.807) is 18.2 Å². The first-order valence-corrected chi connectivity index (χ1v) is 12.6. The van der Waals surface area contributed by atoms with Gasteiger partial charge in [-0.15, -0.1) is 0 Å². The number of carbonyl (C=O) groups is 3. The molecule has 2 aliphatic rings. The van der Waals surface area contributed by atoms with Crippen molar-refractivity contribution in [3.63, 3.8) is 0 Å². The first kappa shape index (κ1) is 26.6. The number of hydrogen-bond acceptors (Lipinski definition) is 7. The number of carbonyl (C=O) groups excluding carboxylic acids is 3. The lowest BCUT2D eigenvalue weighted by Gasteiger charge is -2.39. The van der Waals surface area contributed by atoms with Crippen LogP contribution in [0.1, 0.15) is 6.42 Å². The summed E-state index contributed by atoms with van der Waals surface area (Å²) in [5.74, 6) is 0.119. The molecule has 0 bridgehead atoms. The number of benzene rings is 2. The van der Waals surface area contributed by atoms with Crippen LogP contribution in [0.3, 0.4) is 0 Å². The normalized spacial score (nSPS) is 18.2. The minimum Gasteiger partial charge on any atom is -0.497 e. The lowest BCUT2D eigenvalue weighted by Crippen LogP contribution is -2.60. The maximum atomic E-state index is 13.2. The van der Waals surface area contributed by atoms with Crippen molar-refractivity contribution in [3.8, 4) is 11.5 Å². The van der Waals surface area contributed by atoms with Crippen molar-refractivity contribution in [2.45, 2.75) is 12.5 Å². The highest BCUT2D eigenvalue weighted by molar-refractivity contribution is 6.30. The second kappa shape index (κ2) is 12.2. The fourth-order valence-electron chi connectivity index (χ4n) is 4.62. The van der Waals surface area contributed by atoms with Gasteiger partial charge in [0.25, 0.3) is 0 Å². The Morgan fingerprint density at radius 1 is 1.05 bits per heavy atom. The molecule has 0 saturated carbocycles. The minimum absolute atomic E-state index is 0.164. The van der Waals surface area contributed by atoms with Gasteiger partial charge in [0.1, 0.15) is 17.5 Å². The van der Waals surface area contributed by atoms with E-state index < -0.39 is 11.9 Å². The lowest BCUT2D eigenvalue weighted by molar-refractivity contribution is -0.145. The van der Waals surface area contributed by atoms with Crippen molar-refractivity contribution in [2.24, 2.45) is 0 Å². The molecule has 2 saturated heterocycles. The lowest BCUT2D eigenvalue weighted by atomic mass is 10.1. The fraction of sp³-hybridized carbons (Fsp3) is 0.423. The third-order valence-corrected chi connectivity index (χ3v) is 6.85. The molecule has 0 spiro atoms. The predicted molar refractivity (Wildman–Crippen MR) is 141 cm³/mol. The molecule has 1 atom stereocenters. The Bertz CT molecular complexity index is 1140. The van der Waals surface area contributed by atoms with Gasteiger partial charge in [-0.25, -0.2) is 0 Å². The molecule has 11 heteroatoms. The average Bonchev–Trinajstić information content (AvgIpc) is 2.90. The van der Waals surface area contributed by atoms with Gasteiger partial charge in [0.15, 0.2) is 0 Å². The van der Waals surface area contributed by atoms with Gasteiger partial charge in [0.05, 0.1) is 32.9 Å². The van der Waals surface area contributed by atoms with Crippen LogP contribution in [0.25, 0.3) is 0 Å². The highest BCUT2D eigenvalue weighted by Gasteiger charge is 2.35. The van der Waals surface area contributed by atoms with Crippen molar-refractivity contribution < 1.29 is 23.9 Å². The quantitative estimate of drug-likeness (QED) is 0.538. The van der Waals surface area contributed by atoms with Crippen LogP contribution >= 0.6 is 11.6 Å². The van der Waals surface area contributed by atoms with Gasteiger partial charge < -0.3 is 29.9 Å². The Balaban J connectivity index is 1.35. The average molecular weight is 530 g/mol. The standard InChI is InChI=1S/C26H32ClN5O5/c1-36-20-6-7-23(37-2)21(15-20)29-24(33)16-22-26(35)28-8-9-32(22)25(34)17-30-10-12-31(13-11-30)19-5-3-4-18(27)14-19/h3-7,14-15,22H,8-13,16-17H2,1-2H3,(H,28,35)(H,29,33)/t22-/m0/s1. The molecule has 0 unspecified atom stereocenters. The largest absolute Gasteiger partial charge is 0.497 e. The Hall–Kier alpha value is -3.50. The summed E-state index contributed by atoms with van der Waals surface area (Å²) in [5.41, 5.74) is 1.49. The number of nitrogens with zero attached hydrogens (tertiary/aromatic N) is 3. The van der Waals surface area contributed by atoms with Gasteiger partial charge in [-0.1, -0.05) is 17.7 Å². The molecule has 2 heterocycles. The Morgan fingerprint density at radius 2 is 1.84 bits per heavy atom. The van der Waals surface area contributed by atoms with E-state index in [1.807, 2.05) is 24.3 Å². The molecule has 10 nitrogen and oxygen atoms in total. The summed E-state index contributed by atoms with van der Waals surface area (Å²) in [6, 6.07) is 11.9. The third kappa shape index (κ3) is 6.64. The summed E-state index contributed by atoms with van der Waals surface area (Å²) >= 11 is 6.12. The Labute approximate surface area is 221 Å². The maximum Gasteiger partial charge on any atom is 0.243 e. The van der Waals surface area contributed by atoms with Gasteiger partial charge in [-0.05, 0) is 30.3 Å². The van der Waals surface area contributed by atoms with Gasteiger partial charge in [-0.2, -0.15) is 0 Å². The van der Waals surface area contributed by atoms with Crippen LogP contribution in [0.4, 0.5) is 11.4 Å². The van der Waals surface area contributed by atoms with Crippen LogP contribution in [-0.4, -0.2) is 93.6 Å². The van der Waals surface area contributed by atoms with E-state index in [0.29, 0.717) is 48.4 Å². The van der Waals surface area contributed by atoms with E-state index in [2.05, 4.69) is 20.4 Å². The number of hydrogen-bond donors (Lipinski definition) is 2. The van der Waals surface area contributed by atoms with Gasteiger partial charge >= 0.3 is 0 Å². The Morgan fingerprint density at radius 3 is 2.54 bits per heavy atom. The summed E-state index contributed by atoms with van der Waals surface area (Å²) in [4.78, 5) is 44.7. The Kier molecular flexibility index (Phi) is 8.73. The number of rotatable bonds is 8. The van der Waals surface area contributed by atoms with Crippen LogP contribution < -0.4 is 25.0 Å². The van der Waals surface area contributed by atoms with Crippen molar-refractivity contribution in [1.29, 1.82) is 0 Å². The molecule has 0 radical (unpaired) electrons. The van der Waals surface area contributed by atoms with E-state index in [4.69, 9.17) is 21.1 Å². The van der Waals surface area contributed by atoms with Crippen molar-refractivity contribution in [3.05, 3.63) is 47.5 Å². The second-order valence-corrected chi connectivity index (χ2v) is 9.39. The van der Waals surface area contributed by atoms with E-state index in [9.17, 15) is 14.4 Å². The maximum absolute atomic E-state index is 13.2. The second-order valence-electron chi connectivity index (χ2n) is 8.96. The first-order valence-electron chi connectivity index (χ1n) is 12.2. The molecule has 2 N–H and O–H groups in total. The minimum atomic E-state index is -0.884. The van der Waals surface area contributed by atoms with Crippen molar-refractivity contribution in [2.75, 3.05) is 70.2 Å². The van der Waals surface area contributed by atoms with Crippen LogP contribution in [0.2, 0.25) is 5.02 Å². The van der Waals surface area contributed by atoms with E-state index in [0.717, 1.165) is 18.8 Å². The molecular weight excluding hydrogens is 498 g/mol. The summed E-state index contributed by atoms with van der Waals surface area (Å²) in [6.45, 7) is 3.85. The number of anilines is 2. The summed E-state index contributed by atoms with van der Waals surface area (Å²) in [5, 5.41) is 6.25. The molecule has 4 rings (SSSR count). The number of halogens is 1. The number of methoxy groups -OCH3 is 2. The fourth-order valence-corrected chi connectivity index (χ4v) is 4.81. The first-order chi connectivity index (χ1) is 17.9. The third-order valence-electron chi connectivity index (χ3n) is 6.62. The summed E-state index contributed by atoms with van der Waals surface area (Å²) in [7, 11) is 3.03. The molecule has 2 fully saturated rings. The SMILES string of the molecule is COc1ccc(OC)c(NC(=O)C[C@H]2C(=O)NCCN2C(=O)CN2CCN(c3cccc(Cl)c3)CC2)c1. The number of amides is 3. The molecular formula is C26H32ClN5O5. The zero-order valence-electron chi connectivity index (χ0n) is 21.0.